The second kappa shape index (κ2) is 62.6. The molecule has 0 radical (unpaired) electrons. The minimum absolute atomic E-state index is 0.221. The van der Waals surface area contributed by atoms with Crippen molar-refractivity contribution >= 4 is 5.91 Å². The van der Waals surface area contributed by atoms with E-state index in [9.17, 15) is 45.6 Å². The zero-order valence-corrected chi connectivity index (χ0v) is 58.7. The van der Waals surface area contributed by atoms with E-state index in [0.717, 1.165) is 135 Å². The third-order valence-corrected chi connectivity index (χ3v) is 17.4. The Bertz CT molecular complexity index is 2090. The van der Waals surface area contributed by atoms with Crippen LogP contribution in [0.1, 0.15) is 271 Å². The van der Waals surface area contributed by atoms with Gasteiger partial charge >= 0.3 is 0 Å². The third-order valence-electron chi connectivity index (χ3n) is 17.4. The lowest BCUT2D eigenvalue weighted by Crippen LogP contribution is -2.65. The van der Waals surface area contributed by atoms with Gasteiger partial charge in [-0.15, -0.1) is 0 Å². The summed E-state index contributed by atoms with van der Waals surface area (Å²) in [5.74, 6) is -0.221. The fourth-order valence-electron chi connectivity index (χ4n) is 11.5. The molecule has 0 spiro atoms. The molecule has 94 heavy (non-hydrogen) atoms. The van der Waals surface area contributed by atoms with Crippen molar-refractivity contribution in [2.75, 3.05) is 19.8 Å². The molecule has 0 aromatic rings. The van der Waals surface area contributed by atoms with Crippen LogP contribution in [0, 0.1) is 0 Å². The Labute approximate surface area is 570 Å². The maximum Gasteiger partial charge on any atom is 0.220 e. The first-order chi connectivity index (χ1) is 46.1. The highest BCUT2D eigenvalue weighted by Gasteiger charge is 2.51. The summed E-state index contributed by atoms with van der Waals surface area (Å²) in [4.78, 5) is 13.4. The van der Waals surface area contributed by atoms with Gasteiger partial charge in [-0.3, -0.25) is 4.79 Å². The van der Waals surface area contributed by atoms with Crippen LogP contribution in [0.15, 0.2) is 134 Å². The van der Waals surface area contributed by atoms with Crippen LogP contribution in [0.5, 0.6) is 0 Å². The molecule has 2 heterocycles. The van der Waals surface area contributed by atoms with E-state index in [4.69, 9.17) is 18.9 Å². The van der Waals surface area contributed by atoms with Crippen molar-refractivity contribution in [3.05, 3.63) is 134 Å². The number of aliphatic hydroxyl groups is 8. The Balaban J connectivity index is 1.63. The highest BCUT2D eigenvalue weighted by atomic mass is 16.7. The molecule has 0 bridgehead atoms. The number of rotatable bonds is 60. The molecule has 12 unspecified atom stereocenters. The lowest BCUT2D eigenvalue weighted by atomic mass is 9.97. The number of aliphatic hydroxyl groups excluding tert-OH is 8. The van der Waals surface area contributed by atoms with Crippen LogP contribution in [0.2, 0.25) is 0 Å². The van der Waals surface area contributed by atoms with Crippen molar-refractivity contribution < 1.29 is 64.6 Å². The maximum atomic E-state index is 13.4. The van der Waals surface area contributed by atoms with Crippen LogP contribution in [0.4, 0.5) is 0 Å². The highest BCUT2D eigenvalue weighted by molar-refractivity contribution is 5.76. The van der Waals surface area contributed by atoms with Crippen LogP contribution in [-0.4, -0.2) is 140 Å². The van der Waals surface area contributed by atoms with Crippen LogP contribution < -0.4 is 5.32 Å². The normalized spacial score (nSPS) is 23.3. The summed E-state index contributed by atoms with van der Waals surface area (Å²) in [6, 6.07) is -0.845. The lowest BCUT2D eigenvalue weighted by Gasteiger charge is -2.46. The largest absolute Gasteiger partial charge is 0.394 e. The lowest BCUT2D eigenvalue weighted by molar-refractivity contribution is -0.359. The molecule has 538 valence electrons. The zero-order valence-electron chi connectivity index (χ0n) is 58.7. The Morgan fingerprint density at radius 1 is 0.394 bits per heavy atom. The van der Waals surface area contributed by atoms with Gasteiger partial charge in [0.1, 0.15) is 48.8 Å². The number of unbranched alkanes of at least 4 members (excludes halogenated alkanes) is 25. The molecule has 2 saturated heterocycles. The average Bonchev–Trinajstić information content (AvgIpc) is 0.794. The van der Waals surface area contributed by atoms with Crippen molar-refractivity contribution in [2.24, 2.45) is 0 Å². The molecule has 14 nitrogen and oxygen atoms in total. The van der Waals surface area contributed by atoms with Crippen LogP contribution in [0.25, 0.3) is 0 Å². The molecule has 1 amide bonds. The van der Waals surface area contributed by atoms with E-state index in [2.05, 4.69) is 153 Å². The van der Waals surface area contributed by atoms with Crippen LogP contribution in [-0.2, 0) is 23.7 Å². The molecule has 0 saturated carbocycles. The molecule has 2 fully saturated rings. The van der Waals surface area contributed by atoms with E-state index in [1.165, 1.54) is 103 Å². The first kappa shape index (κ1) is 86.2. The summed E-state index contributed by atoms with van der Waals surface area (Å²) in [5, 5.41) is 87.7. The second-order valence-electron chi connectivity index (χ2n) is 25.7. The smallest absolute Gasteiger partial charge is 0.220 e. The van der Waals surface area contributed by atoms with Crippen molar-refractivity contribution in [2.45, 2.75) is 344 Å². The fraction of sp³-hybridized carbons (Fsp3) is 0.713. The standard InChI is InChI=1S/C80H135NO13/c1-3-5-7-9-11-13-15-17-19-21-23-24-25-26-27-28-29-30-31-32-33-34-35-36-37-38-39-40-41-42-43-44-46-48-50-52-54-56-58-60-62-64-72(85)81-68(69(84)63-61-59-57-55-53-51-49-47-45-22-20-18-16-14-12-10-8-6-4-2)67-91-79-77(90)75(88)78(71(66-83)93-79)94-80-76(89)74(87)73(86)70(65-82)92-80/h5,7,11,13,17,19,23-24,26-27,29-30,32-33,35-36,38-39,41-42,44,46,68-71,73-80,82-84,86-90H,3-4,6,8-10,12,14-16,18,20-22,25,28,31,34,37,40,43,45,47-67H2,1-2H3,(H,81,85)/b7-5-,13-11-,19-17-,24-23-,27-26-,30-29-,33-32-,36-35-,39-38-,42-41-,46-44-. The van der Waals surface area contributed by atoms with Crippen molar-refractivity contribution in [1.82, 2.24) is 5.32 Å². The van der Waals surface area contributed by atoms with E-state index < -0.39 is 86.8 Å². The minimum atomic E-state index is -1.79. The van der Waals surface area contributed by atoms with Crippen molar-refractivity contribution in [3.8, 4) is 0 Å². The molecule has 2 aliphatic rings. The Hall–Kier alpha value is -3.87. The first-order valence-electron chi connectivity index (χ1n) is 37.4. The molecule has 12 atom stereocenters. The predicted octanol–water partition coefficient (Wildman–Crippen LogP) is 16.2. The highest BCUT2D eigenvalue weighted by Crippen LogP contribution is 2.30. The summed E-state index contributed by atoms with van der Waals surface area (Å²) in [7, 11) is 0. The van der Waals surface area contributed by atoms with Gasteiger partial charge < -0.3 is 65.1 Å². The van der Waals surface area contributed by atoms with Crippen LogP contribution in [0.3, 0.4) is 0 Å². The quantitative estimate of drug-likeness (QED) is 0.0204. The van der Waals surface area contributed by atoms with E-state index in [1.54, 1.807) is 0 Å². The zero-order chi connectivity index (χ0) is 68.0. The monoisotopic (exact) mass is 1320 g/mol. The van der Waals surface area contributed by atoms with E-state index in [1.807, 2.05) is 0 Å². The first-order valence-corrected chi connectivity index (χ1v) is 37.4. The second-order valence-corrected chi connectivity index (χ2v) is 25.7. The van der Waals surface area contributed by atoms with Gasteiger partial charge in [0.25, 0.3) is 0 Å². The van der Waals surface area contributed by atoms with Gasteiger partial charge in [0.2, 0.25) is 5.91 Å². The average molecular weight is 1320 g/mol. The summed E-state index contributed by atoms with van der Waals surface area (Å²) in [5.41, 5.74) is 0. The van der Waals surface area contributed by atoms with E-state index >= 15 is 0 Å². The number of carbonyl (C=O) groups excluding carboxylic acids is 1. The summed E-state index contributed by atoms with van der Waals surface area (Å²) in [6.07, 6.45) is 76.0. The van der Waals surface area contributed by atoms with E-state index in [0.29, 0.717) is 12.8 Å². The van der Waals surface area contributed by atoms with Crippen molar-refractivity contribution in [3.63, 3.8) is 0 Å². The summed E-state index contributed by atoms with van der Waals surface area (Å²) in [6.45, 7) is 2.75. The van der Waals surface area contributed by atoms with Gasteiger partial charge in [-0.1, -0.05) is 302 Å². The Morgan fingerprint density at radius 3 is 1.13 bits per heavy atom. The van der Waals surface area contributed by atoms with Gasteiger partial charge in [-0.25, -0.2) is 0 Å². The van der Waals surface area contributed by atoms with Gasteiger partial charge in [0.15, 0.2) is 12.6 Å². The Kier molecular flexibility index (Phi) is 57.4. The Morgan fingerprint density at radius 2 is 0.734 bits per heavy atom. The summed E-state index contributed by atoms with van der Waals surface area (Å²) < 4.78 is 22.9. The van der Waals surface area contributed by atoms with Gasteiger partial charge in [-0.05, 0) is 96.3 Å². The SMILES string of the molecule is CC/C=C\C/C=C\C/C=C\C/C=C\C/C=C\C/C=C\C/C=C\C/C=C\C/C=C\C/C=C\C/C=C\CCCCCCCCCC(=O)NC(COC1OC(CO)C(OC2OC(CO)C(O)C(O)C2O)C(O)C1O)C(O)CCCCCCCCCCCCCCCCCCCCC. The van der Waals surface area contributed by atoms with Gasteiger partial charge in [-0.2, -0.15) is 0 Å². The molecule has 0 aromatic carbocycles. The fourth-order valence-corrected chi connectivity index (χ4v) is 11.5. The third kappa shape index (κ3) is 45.6. The number of allylic oxidation sites excluding steroid dienone is 22. The molecule has 0 aromatic heterocycles. The van der Waals surface area contributed by atoms with Gasteiger partial charge in [0, 0.05) is 6.42 Å². The topological polar surface area (TPSA) is 228 Å². The molecule has 0 aliphatic carbocycles. The predicted molar refractivity (Wildman–Crippen MR) is 387 cm³/mol. The molecule has 2 aliphatic heterocycles. The van der Waals surface area contributed by atoms with E-state index in [-0.39, 0.29) is 18.9 Å². The number of hydrogen-bond acceptors (Lipinski definition) is 13. The van der Waals surface area contributed by atoms with Gasteiger partial charge in [0.05, 0.1) is 32.0 Å². The molecular formula is C80H135NO13. The number of nitrogens with one attached hydrogen (secondary N) is 1. The van der Waals surface area contributed by atoms with Crippen LogP contribution >= 0.6 is 0 Å². The minimum Gasteiger partial charge on any atom is -0.394 e. The number of carbonyl (C=O) groups is 1. The number of ether oxygens (including phenoxy) is 4. The molecular weight excluding hydrogens is 1180 g/mol. The number of amides is 1. The van der Waals surface area contributed by atoms with Crippen molar-refractivity contribution in [1.29, 1.82) is 0 Å². The maximum absolute atomic E-state index is 13.4. The molecule has 14 heteroatoms. The molecule has 9 N–H and O–H groups in total. The molecule has 2 rings (SSSR count). The number of hydrogen-bond donors (Lipinski definition) is 9. The summed E-state index contributed by atoms with van der Waals surface area (Å²) >= 11 is 0.